The van der Waals surface area contributed by atoms with Crippen molar-refractivity contribution in [3.8, 4) is 0 Å². The van der Waals surface area contributed by atoms with Crippen molar-refractivity contribution in [3.63, 3.8) is 0 Å². The maximum Gasteiger partial charge on any atom is 0.430 e. The van der Waals surface area contributed by atoms with Gasteiger partial charge in [-0.3, -0.25) is 9.48 Å². The first kappa shape index (κ1) is 35.9. The van der Waals surface area contributed by atoms with Crippen molar-refractivity contribution in [2.45, 2.75) is 66.4 Å². The summed E-state index contributed by atoms with van der Waals surface area (Å²) in [5.41, 5.74) is -7.29. The number of aromatic nitrogens is 2. The number of alkyl halides is 6. The van der Waals surface area contributed by atoms with Crippen LogP contribution in [-0.4, -0.2) is 41.6 Å². The van der Waals surface area contributed by atoms with Gasteiger partial charge in [0.05, 0.1) is 30.2 Å². The smallest absolute Gasteiger partial charge is 0.430 e. The zero-order chi connectivity index (χ0) is 36.0. The second kappa shape index (κ2) is 12.8. The van der Waals surface area contributed by atoms with Gasteiger partial charge in [0.1, 0.15) is 22.2 Å². The highest BCUT2D eigenvalue weighted by atomic mass is 32.2. The van der Waals surface area contributed by atoms with E-state index in [0.29, 0.717) is 35.5 Å². The molecule has 0 radical (unpaired) electrons. The number of sulfone groups is 1. The fourth-order valence-corrected chi connectivity index (χ4v) is 8.07. The van der Waals surface area contributed by atoms with E-state index < -0.39 is 73.7 Å². The number of ether oxygens (including phenoxy) is 1. The first-order valence-corrected chi connectivity index (χ1v) is 15.9. The van der Waals surface area contributed by atoms with Crippen molar-refractivity contribution in [3.05, 3.63) is 118 Å². The Morgan fingerprint density at radius 2 is 1.49 bits per heavy atom. The summed E-state index contributed by atoms with van der Waals surface area (Å²) in [6, 6.07) is 8.14. The largest absolute Gasteiger partial charge is 0.481 e. The molecule has 3 aromatic carbocycles. The highest BCUT2D eigenvalue weighted by Gasteiger charge is 2.73. The summed E-state index contributed by atoms with van der Waals surface area (Å²) in [7, 11) is -4.57. The quantitative estimate of drug-likeness (QED) is 0.138. The molecule has 17 heteroatoms. The molecule has 1 atom stereocenters. The number of benzene rings is 3. The van der Waals surface area contributed by atoms with Crippen LogP contribution < -0.4 is 0 Å². The molecule has 7 nitrogen and oxygen atoms in total. The molecule has 1 N–H and O–H groups in total. The molecule has 262 valence electrons. The molecule has 1 aromatic heterocycles. The van der Waals surface area contributed by atoms with E-state index in [4.69, 9.17) is 5.11 Å². The van der Waals surface area contributed by atoms with Crippen LogP contribution in [0.5, 0.6) is 0 Å². The molecule has 4 aromatic rings. The summed E-state index contributed by atoms with van der Waals surface area (Å²) in [4.78, 5) is 10.7. The zero-order valence-corrected chi connectivity index (χ0v) is 25.8. The summed E-state index contributed by atoms with van der Waals surface area (Å²) >= 11 is 0. The van der Waals surface area contributed by atoms with Gasteiger partial charge in [-0.15, -0.1) is 0 Å². The van der Waals surface area contributed by atoms with Gasteiger partial charge in [0.15, 0.2) is 9.84 Å². The third-order valence-electron chi connectivity index (χ3n) is 8.47. The van der Waals surface area contributed by atoms with Gasteiger partial charge in [-0.05, 0) is 66.8 Å². The zero-order valence-electron chi connectivity index (χ0n) is 25.0. The van der Waals surface area contributed by atoms with Crippen molar-refractivity contribution in [2.75, 3.05) is 0 Å². The number of hydrogen-bond donors (Lipinski definition) is 1. The predicted molar refractivity (Wildman–Crippen MR) is 153 cm³/mol. The molecule has 0 saturated heterocycles. The number of aryl methyl sites for hydroxylation is 2. The van der Waals surface area contributed by atoms with Crippen LogP contribution >= 0.6 is 0 Å². The molecule has 1 aliphatic carbocycles. The summed E-state index contributed by atoms with van der Waals surface area (Å²) in [5.74, 6) is -4.78. The van der Waals surface area contributed by atoms with E-state index >= 15 is 0 Å². The number of hydrogen-bond acceptors (Lipinski definition) is 5. The SMILES string of the molecule is O=C(O)CCn1cc2c(n1)CCC(c1ccc(C(OCc3c(F)cccc3F)(C(F)(F)F)C(F)(F)F)cc1)(S(=O)(=O)c1ccc(F)cc1)C2. The first-order chi connectivity index (χ1) is 22.8. The van der Waals surface area contributed by atoms with Crippen molar-refractivity contribution in [1.82, 2.24) is 9.78 Å². The number of carbonyl (C=O) groups is 1. The van der Waals surface area contributed by atoms with Gasteiger partial charge >= 0.3 is 18.3 Å². The number of fused-ring (bicyclic) bond motifs is 1. The molecule has 0 aliphatic heterocycles. The molecule has 5 rings (SSSR count). The third kappa shape index (κ3) is 6.40. The Balaban J connectivity index is 1.63. The van der Waals surface area contributed by atoms with Crippen molar-refractivity contribution in [1.29, 1.82) is 0 Å². The summed E-state index contributed by atoms with van der Waals surface area (Å²) in [6.45, 7) is -1.83. The highest BCUT2D eigenvalue weighted by molar-refractivity contribution is 7.92. The molecule has 0 amide bonds. The summed E-state index contributed by atoms with van der Waals surface area (Å²) < 4.78 is 161. The lowest BCUT2D eigenvalue weighted by molar-refractivity contribution is -0.392. The minimum absolute atomic E-state index is 0.0378. The normalized spacial score (nSPS) is 17.2. The van der Waals surface area contributed by atoms with E-state index in [9.17, 15) is 52.7 Å². The van der Waals surface area contributed by atoms with Crippen molar-refractivity contribution >= 4 is 15.8 Å². The number of carboxylic acids is 1. The molecular weight excluding hydrogens is 695 g/mol. The van der Waals surface area contributed by atoms with Crippen LogP contribution in [0.1, 0.15) is 40.8 Å². The van der Waals surface area contributed by atoms with Gasteiger partial charge in [-0.1, -0.05) is 30.3 Å². The van der Waals surface area contributed by atoms with E-state index in [-0.39, 0.29) is 42.7 Å². The van der Waals surface area contributed by atoms with Gasteiger partial charge in [0.25, 0.3) is 5.60 Å². The maximum atomic E-state index is 14.5. The Hall–Kier alpha value is -4.38. The second-order valence-corrected chi connectivity index (χ2v) is 13.6. The van der Waals surface area contributed by atoms with Gasteiger partial charge in [0.2, 0.25) is 0 Å². The van der Waals surface area contributed by atoms with Gasteiger partial charge in [-0.25, -0.2) is 21.6 Å². The molecular formula is C32H25F9N2O5S. The fourth-order valence-electron chi connectivity index (χ4n) is 5.97. The number of nitrogens with zero attached hydrogens (tertiary/aromatic N) is 2. The van der Waals surface area contributed by atoms with E-state index in [1.54, 1.807) is 0 Å². The molecule has 1 heterocycles. The standard InChI is InChI=1S/C32H25F9N2O5S/c33-22-8-10-23(11-9-22)49(46,47)29(14-12-27-19(16-29)17-43(42-27)15-13-28(44)45)20-4-6-21(7-5-20)30(31(36,37)38,32(39,40)41)48-18-24-25(34)2-1-3-26(24)35/h1-11,17H,12-16,18H2,(H,44,45). The monoisotopic (exact) mass is 720 g/mol. The van der Waals surface area contributed by atoms with Crippen LogP contribution in [0, 0.1) is 17.5 Å². The Labute approximate surface area is 272 Å². The second-order valence-electron chi connectivity index (χ2n) is 11.4. The van der Waals surface area contributed by atoms with Crippen LogP contribution in [0.25, 0.3) is 0 Å². The summed E-state index contributed by atoms with van der Waals surface area (Å²) in [5, 5.41) is 13.3. The van der Waals surface area contributed by atoms with Gasteiger partial charge < -0.3 is 9.84 Å². The molecule has 1 unspecified atom stereocenters. The van der Waals surface area contributed by atoms with Crippen LogP contribution in [0.4, 0.5) is 39.5 Å². The molecule has 0 saturated carbocycles. The highest BCUT2D eigenvalue weighted by Crippen LogP contribution is 2.54. The number of rotatable bonds is 10. The fraction of sp³-hybridized carbons (Fsp3) is 0.312. The Kier molecular flexibility index (Phi) is 9.40. The average Bonchev–Trinajstić information content (AvgIpc) is 3.42. The molecule has 49 heavy (non-hydrogen) atoms. The number of aliphatic carboxylic acids is 1. The lowest BCUT2D eigenvalue weighted by Gasteiger charge is -2.39. The van der Waals surface area contributed by atoms with E-state index in [1.165, 1.54) is 10.9 Å². The van der Waals surface area contributed by atoms with Gasteiger partial charge in [-0.2, -0.15) is 31.4 Å². The van der Waals surface area contributed by atoms with E-state index in [2.05, 4.69) is 9.84 Å². The van der Waals surface area contributed by atoms with Crippen molar-refractivity contribution < 1.29 is 62.6 Å². The minimum Gasteiger partial charge on any atom is -0.481 e. The first-order valence-electron chi connectivity index (χ1n) is 14.4. The lowest BCUT2D eigenvalue weighted by Crippen LogP contribution is -2.56. The maximum absolute atomic E-state index is 14.5. The average molecular weight is 721 g/mol. The van der Waals surface area contributed by atoms with E-state index in [1.807, 2.05) is 0 Å². The van der Waals surface area contributed by atoms with Crippen LogP contribution in [0.15, 0.2) is 77.8 Å². The van der Waals surface area contributed by atoms with Gasteiger partial charge in [0, 0.05) is 17.3 Å². The topological polar surface area (TPSA) is 98.5 Å². The predicted octanol–water partition coefficient (Wildman–Crippen LogP) is 7.17. The Morgan fingerprint density at radius 1 is 0.898 bits per heavy atom. The molecule has 0 fully saturated rings. The third-order valence-corrected chi connectivity index (χ3v) is 11.0. The Bertz CT molecular complexity index is 1920. The minimum atomic E-state index is -6.23. The lowest BCUT2D eigenvalue weighted by atomic mass is 9.81. The molecule has 0 spiro atoms. The van der Waals surface area contributed by atoms with Crippen molar-refractivity contribution in [2.24, 2.45) is 0 Å². The Morgan fingerprint density at radius 3 is 2.04 bits per heavy atom. The van der Waals surface area contributed by atoms with E-state index in [0.717, 1.165) is 42.5 Å². The van der Waals surface area contributed by atoms with Crippen LogP contribution in [-0.2, 0) is 55.7 Å². The number of halogens is 9. The molecule has 0 bridgehead atoms. The van der Waals surface area contributed by atoms with Crippen LogP contribution in [0.2, 0.25) is 0 Å². The molecule has 1 aliphatic rings. The summed E-state index contributed by atoms with van der Waals surface area (Å²) in [6.07, 6.45) is -12.0. The van der Waals surface area contributed by atoms with Crippen LogP contribution in [0.3, 0.4) is 0 Å². The number of carboxylic acid groups (broad SMARTS) is 1.